The molecule has 0 saturated heterocycles. The fraction of sp³-hybridized carbons (Fsp3) is 0.350. The van der Waals surface area contributed by atoms with Crippen molar-refractivity contribution in [3.8, 4) is 11.5 Å². The van der Waals surface area contributed by atoms with Gasteiger partial charge in [-0.3, -0.25) is 4.98 Å². The normalized spacial score (nSPS) is 11.0. The highest BCUT2D eigenvalue weighted by molar-refractivity contribution is 5.43. The van der Waals surface area contributed by atoms with Crippen LogP contribution in [0.2, 0.25) is 0 Å². The van der Waals surface area contributed by atoms with E-state index in [1.807, 2.05) is 41.2 Å². The van der Waals surface area contributed by atoms with Crippen LogP contribution in [0.4, 0.5) is 0 Å². The third-order valence-electron chi connectivity index (χ3n) is 4.13. The number of benzene rings is 1. The van der Waals surface area contributed by atoms with E-state index >= 15 is 0 Å². The molecule has 3 aromatic rings. The average Bonchev–Trinajstić information content (AvgIpc) is 3.05. The third kappa shape index (κ3) is 4.02. The molecule has 2 aromatic heterocycles. The van der Waals surface area contributed by atoms with E-state index in [0.29, 0.717) is 12.8 Å². The summed E-state index contributed by atoms with van der Waals surface area (Å²) in [4.78, 5) is 8.93. The lowest BCUT2D eigenvalue weighted by atomic mass is 10.1. The SMILES string of the molecule is COc1ccc(Cc2nc(Cc3cccnc3)nn2C(C)C)cc1OC. The zero-order chi connectivity index (χ0) is 18.5. The average molecular weight is 352 g/mol. The molecule has 0 spiro atoms. The van der Waals surface area contributed by atoms with Gasteiger partial charge in [-0.2, -0.15) is 5.10 Å². The van der Waals surface area contributed by atoms with Crippen LogP contribution >= 0.6 is 0 Å². The Hall–Kier alpha value is -2.89. The van der Waals surface area contributed by atoms with Gasteiger partial charge in [0.1, 0.15) is 5.82 Å². The fourth-order valence-corrected chi connectivity index (χ4v) is 2.87. The van der Waals surface area contributed by atoms with Crippen LogP contribution in [0, 0.1) is 0 Å². The molecular formula is C20H24N4O2. The van der Waals surface area contributed by atoms with E-state index in [2.05, 4.69) is 18.8 Å². The largest absolute Gasteiger partial charge is 0.493 e. The molecule has 6 heteroatoms. The zero-order valence-corrected chi connectivity index (χ0v) is 15.6. The van der Waals surface area contributed by atoms with Gasteiger partial charge in [0.2, 0.25) is 0 Å². The Morgan fingerprint density at radius 2 is 1.81 bits per heavy atom. The maximum atomic E-state index is 5.40. The van der Waals surface area contributed by atoms with E-state index in [-0.39, 0.29) is 6.04 Å². The second-order valence-corrected chi connectivity index (χ2v) is 6.39. The van der Waals surface area contributed by atoms with Gasteiger partial charge in [0, 0.05) is 31.3 Å². The standard InChI is InChI=1S/C20H24N4O2/c1-14(2)24-20(12-15-7-8-17(25-3)18(10-15)26-4)22-19(23-24)11-16-6-5-9-21-13-16/h5-10,13-14H,11-12H2,1-4H3. The lowest BCUT2D eigenvalue weighted by molar-refractivity contribution is 0.354. The quantitative estimate of drug-likeness (QED) is 0.652. The van der Waals surface area contributed by atoms with Crippen LogP contribution < -0.4 is 9.47 Å². The molecule has 26 heavy (non-hydrogen) atoms. The van der Waals surface area contributed by atoms with Crippen molar-refractivity contribution < 1.29 is 9.47 Å². The molecule has 0 aliphatic heterocycles. The van der Waals surface area contributed by atoms with Gasteiger partial charge in [0.15, 0.2) is 17.3 Å². The highest BCUT2D eigenvalue weighted by atomic mass is 16.5. The molecule has 0 fully saturated rings. The van der Waals surface area contributed by atoms with Crippen LogP contribution in [0.25, 0.3) is 0 Å². The Morgan fingerprint density at radius 3 is 2.46 bits per heavy atom. The van der Waals surface area contributed by atoms with Gasteiger partial charge >= 0.3 is 0 Å². The molecular weight excluding hydrogens is 328 g/mol. The maximum absolute atomic E-state index is 5.40. The number of hydrogen-bond acceptors (Lipinski definition) is 5. The number of methoxy groups -OCH3 is 2. The fourth-order valence-electron chi connectivity index (χ4n) is 2.87. The smallest absolute Gasteiger partial charge is 0.161 e. The minimum Gasteiger partial charge on any atom is -0.493 e. The summed E-state index contributed by atoms with van der Waals surface area (Å²) in [6.07, 6.45) is 4.97. The summed E-state index contributed by atoms with van der Waals surface area (Å²) >= 11 is 0. The first-order valence-electron chi connectivity index (χ1n) is 8.64. The van der Waals surface area contributed by atoms with Crippen molar-refractivity contribution in [3.05, 3.63) is 65.5 Å². The second-order valence-electron chi connectivity index (χ2n) is 6.39. The van der Waals surface area contributed by atoms with Crippen molar-refractivity contribution in [2.45, 2.75) is 32.7 Å². The number of nitrogens with zero attached hydrogens (tertiary/aromatic N) is 4. The Morgan fingerprint density at radius 1 is 1.00 bits per heavy atom. The summed E-state index contributed by atoms with van der Waals surface area (Å²) in [5.74, 6) is 3.18. The number of pyridine rings is 1. The first-order chi connectivity index (χ1) is 12.6. The molecule has 2 heterocycles. The van der Waals surface area contributed by atoms with Crippen LogP contribution in [0.15, 0.2) is 42.7 Å². The zero-order valence-electron chi connectivity index (χ0n) is 15.6. The molecule has 6 nitrogen and oxygen atoms in total. The van der Waals surface area contributed by atoms with E-state index < -0.39 is 0 Å². The Balaban J connectivity index is 1.87. The van der Waals surface area contributed by atoms with E-state index in [0.717, 1.165) is 34.3 Å². The van der Waals surface area contributed by atoms with Crippen LogP contribution in [0.1, 0.15) is 42.7 Å². The lowest BCUT2D eigenvalue weighted by Crippen LogP contribution is -2.09. The summed E-state index contributed by atoms with van der Waals surface area (Å²) in [5, 5.41) is 4.70. The Labute approximate surface area is 153 Å². The monoisotopic (exact) mass is 352 g/mol. The number of rotatable bonds is 7. The van der Waals surface area contributed by atoms with Gasteiger partial charge in [-0.1, -0.05) is 12.1 Å². The molecule has 0 radical (unpaired) electrons. The molecule has 0 aliphatic rings. The van der Waals surface area contributed by atoms with Gasteiger partial charge < -0.3 is 9.47 Å². The Bertz CT molecular complexity index is 860. The van der Waals surface area contributed by atoms with Gasteiger partial charge in [0.25, 0.3) is 0 Å². The van der Waals surface area contributed by atoms with Gasteiger partial charge in [-0.25, -0.2) is 9.67 Å². The minimum absolute atomic E-state index is 0.236. The van der Waals surface area contributed by atoms with E-state index in [1.165, 1.54) is 0 Å². The van der Waals surface area contributed by atoms with Crippen molar-refractivity contribution in [2.24, 2.45) is 0 Å². The summed E-state index contributed by atoms with van der Waals surface area (Å²) in [5.41, 5.74) is 2.20. The highest BCUT2D eigenvalue weighted by Gasteiger charge is 2.15. The predicted octanol–water partition coefficient (Wildman–Crippen LogP) is 3.45. The minimum atomic E-state index is 0.236. The first-order valence-corrected chi connectivity index (χ1v) is 8.64. The van der Waals surface area contributed by atoms with Crippen molar-refractivity contribution in [2.75, 3.05) is 14.2 Å². The lowest BCUT2D eigenvalue weighted by Gasteiger charge is -2.11. The maximum Gasteiger partial charge on any atom is 0.161 e. The van der Waals surface area contributed by atoms with E-state index in [4.69, 9.17) is 19.6 Å². The van der Waals surface area contributed by atoms with Crippen molar-refractivity contribution in [1.29, 1.82) is 0 Å². The number of ether oxygens (including phenoxy) is 2. The van der Waals surface area contributed by atoms with Crippen LogP contribution in [0.5, 0.6) is 11.5 Å². The Kier molecular flexibility index (Phi) is 5.51. The van der Waals surface area contributed by atoms with E-state index in [9.17, 15) is 0 Å². The third-order valence-corrected chi connectivity index (χ3v) is 4.13. The second kappa shape index (κ2) is 7.99. The summed E-state index contributed by atoms with van der Waals surface area (Å²) < 4.78 is 12.7. The summed E-state index contributed by atoms with van der Waals surface area (Å²) in [7, 11) is 3.28. The van der Waals surface area contributed by atoms with Gasteiger partial charge in [-0.15, -0.1) is 0 Å². The number of aromatic nitrogens is 4. The van der Waals surface area contributed by atoms with Gasteiger partial charge in [-0.05, 0) is 43.2 Å². The topological polar surface area (TPSA) is 62.1 Å². The van der Waals surface area contributed by atoms with E-state index in [1.54, 1.807) is 20.4 Å². The summed E-state index contributed by atoms with van der Waals surface area (Å²) in [6, 6.07) is 10.1. The molecule has 0 saturated carbocycles. The molecule has 0 amide bonds. The van der Waals surface area contributed by atoms with Gasteiger partial charge in [0.05, 0.1) is 14.2 Å². The number of hydrogen-bond donors (Lipinski definition) is 0. The molecule has 1 aromatic carbocycles. The van der Waals surface area contributed by atoms with Crippen molar-refractivity contribution >= 4 is 0 Å². The van der Waals surface area contributed by atoms with Crippen LogP contribution in [0.3, 0.4) is 0 Å². The van der Waals surface area contributed by atoms with Crippen LogP contribution in [-0.4, -0.2) is 34.0 Å². The highest BCUT2D eigenvalue weighted by Crippen LogP contribution is 2.28. The molecule has 136 valence electrons. The van der Waals surface area contributed by atoms with Crippen molar-refractivity contribution in [3.63, 3.8) is 0 Å². The summed E-state index contributed by atoms with van der Waals surface area (Å²) in [6.45, 7) is 4.22. The first kappa shape index (κ1) is 17.9. The molecule has 0 atom stereocenters. The predicted molar refractivity (Wildman–Crippen MR) is 99.8 cm³/mol. The molecule has 0 bridgehead atoms. The molecule has 0 aliphatic carbocycles. The van der Waals surface area contributed by atoms with Crippen LogP contribution in [-0.2, 0) is 12.8 Å². The molecule has 0 N–H and O–H groups in total. The molecule has 0 unspecified atom stereocenters. The van der Waals surface area contributed by atoms with Crippen molar-refractivity contribution in [1.82, 2.24) is 19.7 Å². The molecule has 3 rings (SSSR count).